The second-order valence-electron chi connectivity index (χ2n) is 4.32. The van der Waals surface area contributed by atoms with E-state index in [0.717, 1.165) is 12.8 Å². The van der Waals surface area contributed by atoms with Gasteiger partial charge in [0.05, 0.1) is 5.92 Å². The number of hydrogen-bond donors (Lipinski definition) is 4. The van der Waals surface area contributed by atoms with Crippen LogP contribution in [0, 0.1) is 5.92 Å². The van der Waals surface area contributed by atoms with E-state index in [0.29, 0.717) is 13.1 Å². The Bertz CT molecular complexity index is 373. The molecular formula is C9H16NO7P. The third-order valence-electron chi connectivity index (χ3n) is 2.97. The quantitative estimate of drug-likeness (QED) is 0.474. The Balaban J connectivity index is 2.90. The van der Waals surface area contributed by atoms with Gasteiger partial charge in [-0.1, -0.05) is 0 Å². The normalized spacial score (nSPS) is 20.6. The van der Waals surface area contributed by atoms with Crippen molar-refractivity contribution in [1.29, 1.82) is 0 Å². The first kappa shape index (κ1) is 15.1. The summed E-state index contributed by atoms with van der Waals surface area (Å²) in [5, 5.41) is 17.8. The highest BCUT2D eigenvalue weighted by Gasteiger charge is 2.46. The van der Waals surface area contributed by atoms with Crippen LogP contribution in [0.25, 0.3) is 0 Å². The zero-order valence-corrected chi connectivity index (χ0v) is 10.5. The highest BCUT2D eigenvalue weighted by Crippen LogP contribution is 2.45. The molecule has 0 aromatic heterocycles. The van der Waals surface area contributed by atoms with Crippen LogP contribution in [-0.4, -0.2) is 62.1 Å². The molecule has 9 heteroatoms. The molecule has 2 unspecified atom stereocenters. The van der Waals surface area contributed by atoms with Gasteiger partial charge < -0.3 is 24.9 Å². The summed E-state index contributed by atoms with van der Waals surface area (Å²) in [5.74, 6) is -4.89. The van der Waals surface area contributed by atoms with Crippen LogP contribution >= 0.6 is 7.60 Å². The van der Waals surface area contributed by atoms with Crippen LogP contribution in [0.3, 0.4) is 0 Å². The molecule has 0 aromatic rings. The number of carboxylic acids is 2. The van der Waals surface area contributed by atoms with Crippen LogP contribution < -0.4 is 0 Å². The van der Waals surface area contributed by atoms with E-state index in [1.165, 1.54) is 0 Å². The van der Waals surface area contributed by atoms with Gasteiger partial charge in [-0.25, -0.2) is 0 Å². The molecule has 1 aliphatic heterocycles. The summed E-state index contributed by atoms with van der Waals surface area (Å²) in [5.41, 5.74) is -2.20. The third kappa shape index (κ3) is 3.78. The molecule has 0 spiro atoms. The van der Waals surface area contributed by atoms with E-state index in [2.05, 4.69) is 0 Å². The first-order valence-electron chi connectivity index (χ1n) is 5.46. The fraction of sp³-hybridized carbons (Fsp3) is 0.778. The molecule has 18 heavy (non-hydrogen) atoms. The molecular weight excluding hydrogens is 265 g/mol. The van der Waals surface area contributed by atoms with Crippen LogP contribution in [0.4, 0.5) is 0 Å². The molecule has 0 amide bonds. The minimum Gasteiger partial charge on any atom is -0.481 e. The maximum Gasteiger partial charge on any atom is 0.340 e. The van der Waals surface area contributed by atoms with Gasteiger partial charge in [0.25, 0.3) is 0 Å². The fourth-order valence-corrected chi connectivity index (χ4v) is 3.09. The molecule has 8 nitrogen and oxygen atoms in total. The molecule has 4 N–H and O–H groups in total. The number of likely N-dealkylation sites (tertiary alicyclic amines) is 1. The lowest BCUT2D eigenvalue weighted by Gasteiger charge is -2.25. The highest BCUT2D eigenvalue weighted by molar-refractivity contribution is 7.53. The molecule has 0 aromatic carbocycles. The number of carboxylic acid groups (broad SMARTS) is 2. The third-order valence-corrected chi connectivity index (χ3v) is 4.27. The molecule has 2 atom stereocenters. The van der Waals surface area contributed by atoms with Gasteiger partial charge in [-0.15, -0.1) is 0 Å². The van der Waals surface area contributed by atoms with Crippen molar-refractivity contribution in [2.24, 2.45) is 5.92 Å². The summed E-state index contributed by atoms with van der Waals surface area (Å²) in [4.78, 5) is 41.6. The van der Waals surface area contributed by atoms with Gasteiger partial charge >= 0.3 is 19.5 Å². The second kappa shape index (κ2) is 5.79. The van der Waals surface area contributed by atoms with Crippen molar-refractivity contribution >= 4 is 19.5 Å². The molecule has 1 aliphatic rings. The Hall–Kier alpha value is -0.950. The van der Waals surface area contributed by atoms with Crippen molar-refractivity contribution in [1.82, 2.24) is 4.90 Å². The lowest BCUT2D eigenvalue weighted by atomic mass is 10.0. The zero-order chi connectivity index (χ0) is 13.9. The number of nitrogens with zero attached hydrogens (tertiary/aromatic N) is 1. The maximum atomic E-state index is 11.1. The van der Waals surface area contributed by atoms with E-state index in [-0.39, 0.29) is 6.54 Å². The van der Waals surface area contributed by atoms with E-state index >= 15 is 0 Å². The number of hydrogen-bond acceptors (Lipinski definition) is 4. The van der Waals surface area contributed by atoms with Gasteiger partial charge in [0.15, 0.2) is 5.66 Å². The summed E-state index contributed by atoms with van der Waals surface area (Å²) in [6, 6.07) is 0. The van der Waals surface area contributed by atoms with Crippen LogP contribution in [0.5, 0.6) is 0 Å². The van der Waals surface area contributed by atoms with Crippen LogP contribution in [-0.2, 0) is 14.2 Å². The molecule has 1 fully saturated rings. The minimum absolute atomic E-state index is 0.155. The van der Waals surface area contributed by atoms with Gasteiger partial charge in [-0.05, 0) is 25.9 Å². The van der Waals surface area contributed by atoms with E-state index in [4.69, 9.17) is 20.0 Å². The number of aliphatic carboxylic acids is 2. The molecule has 1 heterocycles. The van der Waals surface area contributed by atoms with Crippen molar-refractivity contribution < 1.29 is 34.2 Å². The summed E-state index contributed by atoms with van der Waals surface area (Å²) < 4.78 is 11.1. The van der Waals surface area contributed by atoms with Gasteiger partial charge in [0.1, 0.15) is 0 Å². The Labute approximate surface area is 103 Å². The smallest absolute Gasteiger partial charge is 0.340 e. The van der Waals surface area contributed by atoms with Crippen LogP contribution in [0.15, 0.2) is 0 Å². The number of carbonyl (C=O) groups is 2. The Morgan fingerprint density at radius 2 is 1.61 bits per heavy atom. The predicted octanol–water partition coefficient (Wildman–Crippen LogP) is -0.586. The first-order valence-corrected chi connectivity index (χ1v) is 7.15. The monoisotopic (exact) mass is 281 g/mol. The van der Waals surface area contributed by atoms with E-state index < -0.39 is 31.1 Å². The van der Waals surface area contributed by atoms with Crippen molar-refractivity contribution in [2.75, 3.05) is 19.6 Å². The lowest BCUT2D eigenvalue weighted by molar-refractivity contribution is -0.148. The van der Waals surface area contributed by atoms with Gasteiger partial charge in [-0.3, -0.25) is 14.2 Å². The molecule has 0 bridgehead atoms. The van der Waals surface area contributed by atoms with E-state index in [1.807, 2.05) is 0 Å². The highest BCUT2D eigenvalue weighted by atomic mass is 31.2. The van der Waals surface area contributed by atoms with Crippen molar-refractivity contribution in [3.63, 3.8) is 0 Å². The maximum absolute atomic E-state index is 11.1. The minimum atomic E-state index is -5.01. The topological polar surface area (TPSA) is 135 Å². The molecule has 0 aliphatic carbocycles. The van der Waals surface area contributed by atoms with Crippen LogP contribution in [0.2, 0.25) is 0 Å². The fourth-order valence-electron chi connectivity index (χ4n) is 2.11. The van der Waals surface area contributed by atoms with Crippen LogP contribution in [0.1, 0.15) is 12.8 Å². The largest absolute Gasteiger partial charge is 0.481 e. The molecule has 104 valence electrons. The Morgan fingerprint density at radius 3 is 1.94 bits per heavy atom. The standard InChI is InChI=1S/C9H16NO7P/c11-8(12)6(5-10-3-1-2-4-10)7(9(13)14)18(15,16)17/h6-7H,1-5H2,(H,11,12)(H,13,14)(H2,15,16,17). The summed E-state index contributed by atoms with van der Waals surface area (Å²) in [6.45, 7) is 1.09. The van der Waals surface area contributed by atoms with Crippen molar-refractivity contribution in [3.8, 4) is 0 Å². The second-order valence-corrected chi connectivity index (χ2v) is 6.06. The average molecular weight is 281 g/mol. The van der Waals surface area contributed by atoms with E-state index in [9.17, 15) is 14.2 Å². The predicted molar refractivity (Wildman–Crippen MR) is 60.3 cm³/mol. The van der Waals surface area contributed by atoms with Gasteiger partial charge in [0, 0.05) is 6.54 Å². The SMILES string of the molecule is O=C(O)C(CN1CCCC1)C(C(=O)O)P(=O)(O)O. The van der Waals surface area contributed by atoms with Crippen molar-refractivity contribution in [3.05, 3.63) is 0 Å². The van der Waals surface area contributed by atoms with Gasteiger partial charge in [-0.2, -0.15) is 0 Å². The Morgan fingerprint density at radius 1 is 1.11 bits per heavy atom. The average Bonchev–Trinajstić information content (AvgIpc) is 2.66. The van der Waals surface area contributed by atoms with Crippen molar-refractivity contribution in [2.45, 2.75) is 18.5 Å². The van der Waals surface area contributed by atoms with Gasteiger partial charge in [0.2, 0.25) is 0 Å². The molecule has 1 saturated heterocycles. The zero-order valence-electron chi connectivity index (χ0n) is 9.60. The summed E-state index contributed by atoms with van der Waals surface area (Å²) in [7, 11) is -5.01. The molecule has 1 rings (SSSR count). The first-order chi connectivity index (χ1) is 8.23. The van der Waals surface area contributed by atoms with E-state index in [1.54, 1.807) is 4.90 Å². The molecule has 0 saturated carbocycles. The number of rotatable bonds is 6. The Kier molecular flexibility index (Phi) is 4.86. The molecule has 0 radical (unpaired) electrons. The lowest BCUT2D eigenvalue weighted by Crippen LogP contribution is -2.42. The summed E-state index contributed by atoms with van der Waals surface area (Å²) in [6.07, 6.45) is 1.75. The summed E-state index contributed by atoms with van der Waals surface area (Å²) >= 11 is 0.